The Morgan fingerprint density at radius 3 is 2.44 bits per heavy atom. The van der Waals surface area contributed by atoms with Gasteiger partial charge in [0.2, 0.25) is 0 Å². The van der Waals surface area contributed by atoms with Crippen molar-refractivity contribution in [2.24, 2.45) is 0 Å². The van der Waals surface area contributed by atoms with E-state index >= 15 is 0 Å². The first kappa shape index (κ1) is 27.5. The predicted molar refractivity (Wildman–Crippen MR) is 154 cm³/mol. The van der Waals surface area contributed by atoms with E-state index in [9.17, 15) is 14.4 Å². The topological polar surface area (TPSA) is 156 Å². The van der Waals surface area contributed by atoms with Gasteiger partial charge in [0.15, 0.2) is 24.0 Å². The van der Waals surface area contributed by atoms with Crippen LogP contribution in [0.1, 0.15) is 47.3 Å². The van der Waals surface area contributed by atoms with Crippen molar-refractivity contribution in [1.29, 1.82) is 0 Å². The zero-order valence-corrected chi connectivity index (χ0v) is 23.5. The van der Waals surface area contributed by atoms with Gasteiger partial charge in [-0.3, -0.25) is 14.1 Å². The van der Waals surface area contributed by atoms with Crippen LogP contribution in [0.3, 0.4) is 0 Å². The maximum Gasteiger partial charge on any atom is 0.519 e. The third-order valence-electron chi connectivity index (χ3n) is 7.06. The van der Waals surface area contributed by atoms with Crippen LogP contribution in [0, 0.1) is 6.92 Å². The first-order valence-electron chi connectivity index (χ1n) is 13.5. The quantitative estimate of drug-likeness (QED) is 0.223. The Bertz CT molecular complexity index is 2040. The van der Waals surface area contributed by atoms with Crippen molar-refractivity contribution in [3.63, 3.8) is 0 Å². The summed E-state index contributed by atoms with van der Waals surface area (Å²) in [5.74, 6) is -1.39. The molecule has 3 heterocycles. The van der Waals surface area contributed by atoms with Crippen LogP contribution in [0.25, 0.3) is 33.5 Å². The minimum Gasteiger partial charge on any atom is -0.465 e. The van der Waals surface area contributed by atoms with Gasteiger partial charge >= 0.3 is 17.5 Å². The van der Waals surface area contributed by atoms with Crippen LogP contribution >= 0.6 is 0 Å². The number of rotatable bonds is 9. The minimum atomic E-state index is -0.860. The van der Waals surface area contributed by atoms with Gasteiger partial charge in [-0.2, -0.15) is 4.98 Å². The molecule has 0 fully saturated rings. The number of carbonyl (C=O) groups excluding carboxylic acids is 1. The molecule has 0 aliphatic carbocycles. The normalized spacial score (nSPS) is 12.0. The maximum absolute atomic E-state index is 13.3. The molecule has 0 unspecified atom stereocenters. The monoisotopic (exact) mass is 582 g/mol. The molecular formula is C31H26N4O8. The largest absolute Gasteiger partial charge is 0.519 e. The van der Waals surface area contributed by atoms with Gasteiger partial charge in [-0.25, -0.2) is 14.4 Å². The Balaban J connectivity index is 1.35. The lowest BCUT2D eigenvalue weighted by molar-refractivity contribution is 0.0444. The van der Waals surface area contributed by atoms with E-state index in [2.05, 4.69) is 15.1 Å². The Labute approximate surface area is 243 Å². The molecule has 218 valence electrons. The molecule has 0 amide bonds. The molecule has 0 radical (unpaired) electrons. The lowest BCUT2D eigenvalue weighted by atomic mass is 9.97. The van der Waals surface area contributed by atoms with Gasteiger partial charge in [0.25, 0.3) is 6.01 Å². The van der Waals surface area contributed by atoms with Crippen molar-refractivity contribution in [2.75, 3.05) is 6.61 Å². The van der Waals surface area contributed by atoms with Crippen LogP contribution in [0.5, 0.6) is 6.01 Å². The summed E-state index contributed by atoms with van der Waals surface area (Å²) >= 11 is 0. The number of hydrogen-bond donors (Lipinski definition) is 1. The minimum absolute atomic E-state index is 0.138. The molecule has 3 aromatic heterocycles. The number of aryl methyl sites for hydroxylation is 1. The Hall–Kier alpha value is -5.65. The Morgan fingerprint density at radius 2 is 1.77 bits per heavy atom. The summed E-state index contributed by atoms with van der Waals surface area (Å²) < 4.78 is 27.8. The second-order valence-electron chi connectivity index (χ2n) is 9.67. The van der Waals surface area contributed by atoms with E-state index in [4.69, 9.17) is 22.8 Å². The van der Waals surface area contributed by atoms with Gasteiger partial charge in [-0.1, -0.05) is 59.8 Å². The van der Waals surface area contributed by atoms with E-state index in [1.54, 1.807) is 25.1 Å². The number of aromatic amines is 1. The van der Waals surface area contributed by atoms with Crippen LogP contribution in [0.2, 0.25) is 0 Å². The summed E-state index contributed by atoms with van der Waals surface area (Å²) in [7, 11) is 0. The molecule has 6 rings (SSSR count). The van der Waals surface area contributed by atoms with Gasteiger partial charge < -0.3 is 18.3 Å². The number of benzene rings is 3. The lowest BCUT2D eigenvalue weighted by Gasteiger charge is -2.19. The van der Waals surface area contributed by atoms with Crippen LogP contribution in [0.15, 0.2) is 89.7 Å². The SMILES string of the molecule is CCOc1nc2cccc(C(=O)OCc3oc(=O)oc3C)c2n1[C@@H](C)c1ccc(-c2ccccc2-c2noc(=O)[nH]2)cc1. The number of fused-ring (bicyclic) bond motifs is 1. The van der Waals surface area contributed by atoms with Gasteiger partial charge in [-0.05, 0) is 49.6 Å². The van der Waals surface area contributed by atoms with E-state index in [1.807, 2.05) is 66.9 Å². The number of aromatic nitrogens is 4. The average molecular weight is 583 g/mol. The zero-order valence-electron chi connectivity index (χ0n) is 23.5. The summed E-state index contributed by atoms with van der Waals surface area (Å²) in [5, 5.41) is 3.84. The van der Waals surface area contributed by atoms with Crippen molar-refractivity contribution in [3.8, 4) is 28.5 Å². The third kappa shape index (κ3) is 5.25. The first-order chi connectivity index (χ1) is 20.8. The highest BCUT2D eigenvalue weighted by Crippen LogP contribution is 2.35. The fourth-order valence-electron chi connectivity index (χ4n) is 4.97. The molecule has 0 saturated heterocycles. The maximum atomic E-state index is 13.3. The fraction of sp³-hybridized carbons (Fsp3) is 0.194. The van der Waals surface area contributed by atoms with Crippen molar-refractivity contribution in [2.45, 2.75) is 33.4 Å². The van der Waals surface area contributed by atoms with E-state index in [0.717, 1.165) is 22.3 Å². The van der Waals surface area contributed by atoms with Crippen molar-refractivity contribution in [1.82, 2.24) is 19.7 Å². The molecule has 43 heavy (non-hydrogen) atoms. The summed E-state index contributed by atoms with van der Waals surface area (Å²) in [6, 6.07) is 20.7. The molecule has 1 atom stereocenters. The highest BCUT2D eigenvalue weighted by atomic mass is 16.6. The Morgan fingerprint density at radius 1 is 1.00 bits per heavy atom. The molecule has 0 aliphatic heterocycles. The second-order valence-corrected chi connectivity index (χ2v) is 9.67. The van der Waals surface area contributed by atoms with Gasteiger partial charge in [0, 0.05) is 5.56 Å². The molecule has 12 nitrogen and oxygen atoms in total. The summed E-state index contributed by atoms with van der Waals surface area (Å²) in [4.78, 5) is 43.5. The average Bonchev–Trinajstić information content (AvgIpc) is 3.71. The number of nitrogens with zero attached hydrogens (tertiary/aromatic N) is 3. The molecule has 0 spiro atoms. The number of para-hydroxylation sites is 1. The van der Waals surface area contributed by atoms with Crippen molar-refractivity contribution >= 4 is 17.0 Å². The molecule has 6 aromatic rings. The molecule has 12 heteroatoms. The molecule has 3 aromatic carbocycles. The first-order valence-corrected chi connectivity index (χ1v) is 13.5. The van der Waals surface area contributed by atoms with Crippen LogP contribution in [-0.4, -0.2) is 32.3 Å². The van der Waals surface area contributed by atoms with E-state index in [0.29, 0.717) is 29.5 Å². The smallest absolute Gasteiger partial charge is 0.465 e. The second kappa shape index (κ2) is 11.3. The number of nitrogens with one attached hydrogen (secondary N) is 1. The summed E-state index contributed by atoms with van der Waals surface area (Å²) in [5.41, 5.74) is 4.79. The number of carbonyl (C=O) groups is 1. The third-order valence-corrected chi connectivity index (χ3v) is 7.06. The molecule has 0 aliphatic rings. The van der Waals surface area contributed by atoms with E-state index in [-0.39, 0.29) is 29.7 Å². The predicted octanol–water partition coefficient (Wildman–Crippen LogP) is 5.27. The fourth-order valence-corrected chi connectivity index (χ4v) is 4.97. The van der Waals surface area contributed by atoms with E-state index in [1.165, 1.54) is 0 Å². The van der Waals surface area contributed by atoms with Crippen LogP contribution < -0.4 is 16.3 Å². The Kier molecular flexibility index (Phi) is 7.24. The number of esters is 1. The number of hydrogen-bond acceptors (Lipinski definition) is 10. The number of H-pyrrole nitrogens is 1. The van der Waals surface area contributed by atoms with Crippen LogP contribution in [0.4, 0.5) is 0 Å². The van der Waals surface area contributed by atoms with Gasteiger partial charge in [-0.15, -0.1) is 0 Å². The highest BCUT2D eigenvalue weighted by Gasteiger charge is 2.25. The number of ether oxygens (including phenoxy) is 2. The lowest BCUT2D eigenvalue weighted by Crippen LogP contribution is -2.13. The molecule has 0 bridgehead atoms. The summed E-state index contributed by atoms with van der Waals surface area (Å²) in [6.45, 7) is 5.50. The highest BCUT2D eigenvalue weighted by molar-refractivity contribution is 6.02. The van der Waals surface area contributed by atoms with E-state index < -0.39 is 17.5 Å². The van der Waals surface area contributed by atoms with Gasteiger partial charge in [0.05, 0.1) is 29.2 Å². The molecule has 1 N–H and O–H groups in total. The number of imidazole rings is 1. The molecule has 0 saturated carbocycles. The van der Waals surface area contributed by atoms with Gasteiger partial charge in [0.1, 0.15) is 0 Å². The summed E-state index contributed by atoms with van der Waals surface area (Å²) in [6.07, 6.45) is 0. The zero-order chi connectivity index (χ0) is 30.1. The standard InChI is InChI=1S/C31H26N4O8/c1-4-39-29-32-24-11-7-10-23(28(36)40-16-25-18(3)41-31(38)42-25)26(24)35(29)17(2)19-12-14-20(15-13-19)21-8-5-6-9-22(21)27-33-30(37)43-34-27/h5-15,17H,4,16H2,1-3H3,(H,33,34,37)/t17-/m0/s1. The van der Waals surface area contributed by atoms with Crippen molar-refractivity contribution < 1.29 is 27.6 Å². The van der Waals surface area contributed by atoms with Crippen molar-refractivity contribution in [3.05, 3.63) is 111 Å². The molecular weight excluding hydrogens is 556 g/mol. The van der Waals surface area contributed by atoms with Crippen LogP contribution in [-0.2, 0) is 11.3 Å².